The molecule has 0 atom stereocenters. The van der Waals surface area contributed by atoms with Crippen LogP contribution in [-0.2, 0) is 0 Å². The number of benzene rings is 3. The summed E-state index contributed by atoms with van der Waals surface area (Å²) in [7, 11) is 0. The van der Waals surface area contributed by atoms with Gasteiger partial charge in [0.15, 0.2) is 5.78 Å². The van der Waals surface area contributed by atoms with Gasteiger partial charge in [-0.15, -0.1) is 0 Å². The van der Waals surface area contributed by atoms with E-state index in [1.54, 1.807) is 59.4 Å². The van der Waals surface area contributed by atoms with E-state index >= 15 is 0 Å². The lowest BCUT2D eigenvalue weighted by atomic mass is 9.99. The Balaban J connectivity index is 1.84. The normalized spacial score (nSPS) is 10.5. The number of rotatable bonds is 5. The lowest BCUT2D eigenvalue weighted by Crippen LogP contribution is -2.10. The van der Waals surface area contributed by atoms with Crippen LogP contribution in [0.1, 0.15) is 32.0 Å². The number of carbonyl (C=O) groups excluding carboxylic acids is 2. The average molecular weight is 352 g/mol. The summed E-state index contributed by atoms with van der Waals surface area (Å²) in [4.78, 5) is 26.1. The summed E-state index contributed by atoms with van der Waals surface area (Å²) >= 11 is 0. The molecule has 0 spiro atoms. The molecule has 0 fully saturated rings. The molecule has 0 aliphatic rings. The molecule has 0 unspecified atom stereocenters. The number of hydrogen-bond acceptors (Lipinski definition) is 3. The Bertz CT molecular complexity index is 1020. The van der Waals surface area contributed by atoms with Crippen LogP contribution in [0.4, 0.5) is 0 Å². The summed E-state index contributed by atoms with van der Waals surface area (Å²) in [5.41, 5.74) is 2.25. The van der Waals surface area contributed by atoms with Crippen LogP contribution in [0.15, 0.2) is 97.2 Å². The number of nitrogens with zero attached hydrogens (tertiary/aromatic N) is 2. The van der Waals surface area contributed by atoms with Gasteiger partial charge in [-0.2, -0.15) is 5.10 Å². The fourth-order valence-corrected chi connectivity index (χ4v) is 2.89. The fraction of sp³-hybridized carbons (Fsp3) is 0. The summed E-state index contributed by atoms with van der Waals surface area (Å²) in [6.07, 6.45) is 1.63. The summed E-state index contributed by atoms with van der Waals surface area (Å²) in [5.74, 6) is -0.498. The first-order chi connectivity index (χ1) is 13.2. The largest absolute Gasteiger partial charge is 0.288 e. The first-order valence-corrected chi connectivity index (χ1v) is 8.58. The van der Waals surface area contributed by atoms with Gasteiger partial charge in [0.05, 0.1) is 11.3 Å². The molecule has 4 aromatic rings. The van der Waals surface area contributed by atoms with Crippen LogP contribution < -0.4 is 0 Å². The third-order valence-corrected chi connectivity index (χ3v) is 4.27. The summed E-state index contributed by atoms with van der Waals surface area (Å²) in [6.45, 7) is 0. The number of carbonyl (C=O) groups is 2. The van der Waals surface area contributed by atoms with Crippen molar-refractivity contribution in [3.63, 3.8) is 0 Å². The minimum Gasteiger partial charge on any atom is -0.288 e. The molecule has 27 heavy (non-hydrogen) atoms. The zero-order valence-corrected chi connectivity index (χ0v) is 14.4. The first-order valence-electron chi connectivity index (χ1n) is 8.58. The van der Waals surface area contributed by atoms with Gasteiger partial charge >= 0.3 is 0 Å². The Morgan fingerprint density at radius 3 is 1.67 bits per heavy atom. The molecular formula is C23H16N2O2. The molecule has 0 saturated heterocycles. The smallest absolute Gasteiger partial charge is 0.214 e. The van der Waals surface area contributed by atoms with Gasteiger partial charge < -0.3 is 0 Å². The highest BCUT2D eigenvalue weighted by Gasteiger charge is 2.24. The van der Waals surface area contributed by atoms with Crippen LogP contribution >= 0.6 is 0 Å². The van der Waals surface area contributed by atoms with Crippen molar-refractivity contribution in [3.05, 3.63) is 120 Å². The predicted molar refractivity (Wildman–Crippen MR) is 103 cm³/mol. The molecule has 0 N–H and O–H groups in total. The number of para-hydroxylation sites is 1. The maximum absolute atomic E-state index is 13.0. The second-order valence-electron chi connectivity index (χ2n) is 6.06. The summed E-state index contributed by atoms with van der Waals surface area (Å²) in [6, 6.07) is 27.2. The second-order valence-corrected chi connectivity index (χ2v) is 6.06. The molecule has 1 aromatic heterocycles. The minimum atomic E-state index is -0.274. The van der Waals surface area contributed by atoms with Gasteiger partial charge in [0, 0.05) is 17.3 Å². The number of ketones is 2. The topological polar surface area (TPSA) is 52.0 Å². The van der Waals surface area contributed by atoms with Crippen LogP contribution in [0.3, 0.4) is 0 Å². The zero-order chi connectivity index (χ0) is 18.6. The van der Waals surface area contributed by atoms with Crippen molar-refractivity contribution in [3.8, 4) is 5.69 Å². The van der Waals surface area contributed by atoms with Gasteiger partial charge in [-0.05, 0) is 12.1 Å². The van der Waals surface area contributed by atoms with Crippen molar-refractivity contribution in [1.82, 2.24) is 9.78 Å². The first kappa shape index (κ1) is 16.7. The zero-order valence-electron chi connectivity index (χ0n) is 14.4. The molecule has 130 valence electrons. The molecule has 4 nitrogen and oxygen atoms in total. The summed E-state index contributed by atoms with van der Waals surface area (Å²) < 4.78 is 1.58. The maximum Gasteiger partial charge on any atom is 0.214 e. The van der Waals surface area contributed by atoms with Gasteiger partial charge in [0.1, 0.15) is 5.69 Å². The van der Waals surface area contributed by atoms with Crippen LogP contribution in [0.2, 0.25) is 0 Å². The Hall–Kier alpha value is -3.79. The van der Waals surface area contributed by atoms with Crippen LogP contribution in [0, 0.1) is 0 Å². The number of aromatic nitrogens is 2. The van der Waals surface area contributed by atoms with Gasteiger partial charge in [0.25, 0.3) is 0 Å². The van der Waals surface area contributed by atoms with E-state index in [0.717, 1.165) is 5.69 Å². The third kappa shape index (κ3) is 3.33. The highest BCUT2D eigenvalue weighted by molar-refractivity contribution is 6.18. The van der Waals surface area contributed by atoms with Crippen molar-refractivity contribution in [1.29, 1.82) is 0 Å². The molecule has 0 bridgehead atoms. The maximum atomic E-state index is 13.0. The van der Waals surface area contributed by atoms with Crippen molar-refractivity contribution in [2.45, 2.75) is 0 Å². The molecule has 4 rings (SSSR count). The van der Waals surface area contributed by atoms with E-state index in [4.69, 9.17) is 0 Å². The second kappa shape index (κ2) is 7.22. The van der Waals surface area contributed by atoms with E-state index in [9.17, 15) is 9.59 Å². The molecular weight excluding hydrogens is 336 g/mol. The van der Waals surface area contributed by atoms with Gasteiger partial charge in [-0.3, -0.25) is 9.59 Å². The van der Waals surface area contributed by atoms with Crippen molar-refractivity contribution in [2.24, 2.45) is 0 Å². The molecule has 0 saturated carbocycles. The molecule has 0 radical (unpaired) electrons. The van der Waals surface area contributed by atoms with E-state index in [1.165, 1.54) is 0 Å². The lowest BCUT2D eigenvalue weighted by Gasteiger charge is -2.02. The Morgan fingerprint density at radius 1 is 0.630 bits per heavy atom. The quantitative estimate of drug-likeness (QED) is 0.502. The molecule has 3 aromatic carbocycles. The Kier molecular flexibility index (Phi) is 4.45. The van der Waals surface area contributed by atoms with Crippen LogP contribution in [-0.4, -0.2) is 21.3 Å². The molecule has 0 amide bonds. The SMILES string of the molecule is O=C(c1ccccc1)c1cn(-c2ccccc2)nc1C(=O)c1ccccc1. The van der Waals surface area contributed by atoms with E-state index in [-0.39, 0.29) is 17.3 Å². The predicted octanol–water partition coefficient (Wildman–Crippen LogP) is 4.33. The van der Waals surface area contributed by atoms with Gasteiger partial charge in [0.2, 0.25) is 5.78 Å². The Morgan fingerprint density at radius 2 is 1.11 bits per heavy atom. The standard InChI is InChI=1S/C23H16N2O2/c26-22(17-10-4-1-5-11-17)20-16-25(19-14-8-3-9-15-19)24-21(20)23(27)18-12-6-2-7-13-18/h1-16H. The van der Waals surface area contributed by atoms with Gasteiger partial charge in [-0.25, -0.2) is 4.68 Å². The average Bonchev–Trinajstić information content (AvgIpc) is 3.20. The lowest BCUT2D eigenvalue weighted by molar-refractivity contribution is 0.100. The third-order valence-electron chi connectivity index (χ3n) is 4.27. The van der Waals surface area contributed by atoms with Crippen molar-refractivity contribution < 1.29 is 9.59 Å². The highest BCUT2D eigenvalue weighted by Crippen LogP contribution is 2.19. The van der Waals surface area contributed by atoms with Crippen molar-refractivity contribution in [2.75, 3.05) is 0 Å². The van der Waals surface area contributed by atoms with Gasteiger partial charge in [-0.1, -0.05) is 78.9 Å². The van der Waals surface area contributed by atoms with E-state index < -0.39 is 0 Å². The monoisotopic (exact) mass is 352 g/mol. The minimum absolute atomic E-state index is 0.152. The van der Waals surface area contributed by atoms with E-state index in [2.05, 4.69) is 5.10 Å². The Labute approximate surface area is 156 Å². The van der Waals surface area contributed by atoms with E-state index in [1.807, 2.05) is 42.5 Å². The fourth-order valence-electron chi connectivity index (χ4n) is 2.89. The molecule has 4 heteroatoms. The van der Waals surface area contributed by atoms with Crippen LogP contribution in [0.5, 0.6) is 0 Å². The van der Waals surface area contributed by atoms with Crippen LogP contribution in [0.25, 0.3) is 5.69 Å². The molecule has 0 aliphatic carbocycles. The van der Waals surface area contributed by atoms with E-state index in [0.29, 0.717) is 16.7 Å². The number of hydrogen-bond donors (Lipinski definition) is 0. The highest BCUT2D eigenvalue weighted by atomic mass is 16.1. The molecule has 0 aliphatic heterocycles. The molecule has 1 heterocycles. The van der Waals surface area contributed by atoms with Crippen molar-refractivity contribution >= 4 is 11.6 Å². The summed E-state index contributed by atoms with van der Waals surface area (Å²) in [5, 5.41) is 4.45.